The Bertz CT molecular complexity index is 1960. The van der Waals surface area contributed by atoms with Gasteiger partial charge in [0.25, 0.3) is 0 Å². The number of hydrogen-bond donors (Lipinski definition) is 0. The molecule has 5 aromatic carbocycles. The van der Waals surface area contributed by atoms with Crippen LogP contribution in [0.3, 0.4) is 0 Å². The molecule has 6 heteroatoms. The van der Waals surface area contributed by atoms with E-state index in [1.807, 2.05) is 6.07 Å². The minimum Gasteiger partial charge on any atom is -0.309 e. The van der Waals surface area contributed by atoms with Crippen molar-refractivity contribution in [3.63, 3.8) is 0 Å². The molecular weight excluding hydrogens is 464 g/mol. The summed E-state index contributed by atoms with van der Waals surface area (Å²) < 4.78 is 2.34. The number of hydrogen-bond acceptors (Lipinski definition) is 0. The van der Waals surface area contributed by atoms with E-state index in [1.165, 1.54) is 22.1 Å². The highest BCUT2D eigenvalue weighted by Gasteiger charge is 2.34. The molecule has 2 bridgehead atoms. The summed E-state index contributed by atoms with van der Waals surface area (Å²) in [6, 6.07) is 30.0. The topological polar surface area (TPSA) is 4.93 Å². The van der Waals surface area contributed by atoms with Crippen LogP contribution in [-0.2, 0) is 5.41 Å². The summed E-state index contributed by atoms with van der Waals surface area (Å²) in [7, 11) is 32.2. The van der Waals surface area contributed by atoms with Gasteiger partial charge >= 0.3 is 0 Å². The van der Waals surface area contributed by atoms with Crippen molar-refractivity contribution in [3.05, 3.63) is 96.1 Å². The van der Waals surface area contributed by atoms with Gasteiger partial charge in [0, 0.05) is 21.9 Å². The first-order valence-corrected chi connectivity index (χ1v) is 13.0. The van der Waals surface area contributed by atoms with Crippen molar-refractivity contribution in [2.75, 3.05) is 0 Å². The largest absolute Gasteiger partial charge is 0.309 e. The standard InChI is InChI=1S/C33H20B5N/c1-33(2)18-9-6-8-17(16-18)20-12-7-13-22-24(20)26-23(39(22)19-10-4-3-5-11-19)15-14-21(27(26)33)25-28(34)30(36)32(38)31(37)29(25)35/h3-16H,1-2H3. The Kier molecular flexibility index (Phi) is 5.20. The second-order valence-corrected chi connectivity index (χ2v) is 10.9. The Morgan fingerprint density at radius 2 is 1.21 bits per heavy atom. The lowest BCUT2D eigenvalue weighted by Crippen LogP contribution is -2.55. The second-order valence-electron chi connectivity index (χ2n) is 10.9. The molecule has 1 aromatic heterocycles. The minimum absolute atomic E-state index is 0.215. The van der Waals surface area contributed by atoms with Crippen LogP contribution in [0.25, 0.3) is 49.7 Å². The fraction of sp³-hybridized carbons (Fsp3) is 0.0909. The molecule has 0 amide bonds. The van der Waals surface area contributed by atoms with Crippen LogP contribution in [-0.4, -0.2) is 43.8 Å². The molecule has 0 fully saturated rings. The molecule has 0 spiro atoms. The molecule has 1 aliphatic rings. The summed E-state index contributed by atoms with van der Waals surface area (Å²) in [5.41, 5.74) is 10.5. The van der Waals surface area contributed by atoms with Crippen molar-refractivity contribution in [1.82, 2.24) is 4.57 Å². The highest BCUT2D eigenvalue weighted by Crippen LogP contribution is 2.49. The Balaban J connectivity index is 1.77. The summed E-state index contributed by atoms with van der Waals surface area (Å²) in [4.78, 5) is 0. The monoisotopic (exact) mass is 485 g/mol. The first kappa shape index (κ1) is 24.3. The maximum atomic E-state index is 6.65. The first-order valence-electron chi connectivity index (χ1n) is 13.0. The van der Waals surface area contributed by atoms with Crippen molar-refractivity contribution in [2.45, 2.75) is 19.3 Å². The molecule has 0 N–H and O–H groups in total. The maximum Gasteiger partial charge on any atom is 0.113 e. The minimum atomic E-state index is -0.419. The molecule has 0 atom stereocenters. The fourth-order valence-electron chi connectivity index (χ4n) is 6.46. The number of aromatic nitrogens is 1. The van der Waals surface area contributed by atoms with E-state index < -0.39 is 5.41 Å². The van der Waals surface area contributed by atoms with Gasteiger partial charge in [0.05, 0.1) is 11.0 Å². The van der Waals surface area contributed by atoms with E-state index in [0.717, 1.165) is 33.2 Å². The molecule has 0 unspecified atom stereocenters. The predicted molar refractivity (Wildman–Crippen MR) is 171 cm³/mol. The van der Waals surface area contributed by atoms with Crippen LogP contribution >= 0.6 is 0 Å². The van der Waals surface area contributed by atoms with E-state index in [4.69, 9.17) is 39.2 Å². The average Bonchev–Trinajstić information content (AvgIpc) is 3.29. The van der Waals surface area contributed by atoms with Gasteiger partial charge in [0.15, 0.2) is 0 Å². The Labute approximate surface area is 235 Å². The van der Waals surface area contributed by atoms with Gasteiger partial charge in [-0.2, -0.15) is 0 Å². The van der Waals surface area contributed by atoms with E-state index in [0.29, 0.717) is 16.5 Å². The molecule has 1 nitrogen and oxygen atoms in total. The van der Waals surface area contributed by atoms with Crippen LogP contribution in [0.15, 0.2) is 84.9 Å². The van der Waals surface area contributed by atoms with E-state index in [-0.39, 0.29) is 16.4 Å². The molecule has 172 valence electrons. The summed E-state index contributed by atoms with van der Waals surface area (Å²) in [6.07, 6.45) is 0. The molecule has 7 rings (SSSR count). The Morgan fingerprint density at radius 1 is 0.564 bits per heavy atom. The van der Waals surface area contributed by atoms with E-state index >= 15 is 0 Å². The van der Waals surface area contributed by atoms with Gasteiger partial charge in [-0.3, -0.25) is 0 Å². The highest BCUT2D eigenvalue weighted by molar-refractivity contribution is 6.68. The third-order valence-corrected chi connectivity index (χ3v) is 8.46. The molecule has 0 aliphatic heterocycles. The quantitative estimate of drug-likeness (QED) is 0.333. The van der Waals surface area contributed by atoms with Crippen molar-refractivity contribution in [1.29, 1.82) is 0 Å². The van der Waals surface area contributed by atoms with Gasteiger partial charge in [0.2, 0.25) is 0 Å². The number of fused-ring (bicyclic) bond motifs is 3. The van der Waals surface area contributed by atoms with Crippen molar-refractivity contribution in [3.8, 4) is 27.9 Å². The number of benzene rings is 5. The molecule has 0 saturated carbocycles. The number of nitrogens with zero attached hydrogens (tertiary/aromatic N) is 1. The van der Waals surface area contributed by atoms with E-state index in [9.17, 15) is 0 Å². The first-order chi connectivity index (χ1) is 18.7. The number of rotatable bonds is 2. The zero-order valence-electron chi connectivity index (χ0n) is 21.9. The summed E-state index contributed by atoms with van der Waals surface area (Å²) in [5.74, 6) is 0. The fourth-order valence-corrected chi connectivity index (χ4v) is 6.46. The van der Waals surface area contributed by atoms with Crippen molar-refractivity contribution >= 4 is 88.4 Å². The van der Waals surface area contributed by atoms with Gasteiger partial charge in [-0.15, -0.1) is 16.4 Å². The van der Waals surface area contributed by atoms with Crippen molar-refractivity contribution < 1.29 is 0 Å². The van der Waals surface area contributed by atoms with Crippen LogP contribution in [0, 0.1) is 0 Å². The molecule has 39 heavy (non-hydrogen) atoms. The zero-order valence-corrected chi connectivity index (χ0v) is 21.9. The average molecular weight is 485 g/mol. The molecule has 1 heterocycles. The smallest absolute Gasteiger partial charge is 0.113 e. The highest BCUT2D eigenvalue weighted by atomic mass is 15.0. The summed E-state index contributed by atoms with van der Waals surface area (Å²) in [6.45, 7) is 4.50. The lowest BCUT2D eigenvalue weighted by Gasteiger charge is -2.33. The SMILES string of the molecule is [B]c1c([B])c([B])c(-c2ccc3c4c2C(C)(C)c2cccc(c2)-c2cccc(c24)n3-c2ccccc2)c([B])c1[B]. The predicted octanol–water partition coefficient (Wildman–Crippen LogP) is 2.73. The van der Waals surface area contributed by atoms with Gasteiger partial charge in [-0.1, -0.05) is 85.4 Å². The summed E-state index contributed by atoms with van der Waals surface area (Å²) in [5, 5.41) is 2.35. The van der Waals surface area contributed by atoms with Crippen LogP contribution in [0.1, 0.15) is 25.0 Å². The van der Waals surface area contributed by atoms with E-state index in [2.05, 4.69) is 97.3 Å². The molecule has 1 aliphatic carbocycles. The van der Waals surface area contributed by atoms with Crippen LogP contribution in [0.5, 0.6) is 0 Å². The summed E-state index contributed by atoms with van der Waals surface area (Å²) >= 11 is 0. The van der Waals surface area contributed by atoms with Crippen LogP contribution < -0.4 is 27.3 Å². The molecule has 10 radical (unpaired) electrons. The second kappa shape index (κ2) is 8.36. The lowest BCUT2D eigenvalue weighted by atomic mass is 9.58. The molecule has 6 aromatic rings. The van der Waals surface area contributed by atoms with Gasteiger partial charge in [-0.25, -0.2) is 0 Å². The third-order valence-electron chi connectivity index (χ3n) is 8.46. The van der Waals surface area contributed by atoms with Gasteiger partial charge in [0.1, 0.15) is 39.2 Å². The van der Waals surface area contributed by atoms with Crippen molar-refractivity contribution in [2.24, 2.45) is 0 Å². The van der Waals surface area contributed by atoms with Crippen LogP contribution in [0.4, 0.5) is 0 Å². The van der Waals surface area contributed by atoms with Crippen LogP contribution in [0.2, 0.25) is 0 Å². The third kappa shape index (κ3) is 3.21. The lowest BCUT2D eigenvalue weighted by molar-refractivity contribution is 0.649. The van der Waals surface area contributed by atoms with E-state index in [1.54, 1.807) is 0 Å². The number of para-hydroxylation sites is 1. The van der Waals surface area contributed by atoms with Gasteiger partial charge in [-0.05, 0) is 57.6 Å². The normalized spacial score (nSPS) is 13.6. The zero-order chi connectivity index (χ0) is 27.2. The maximum absolute atomic E-state index is 6.65. The molecular formula is C33H20B5N. The molecule has 0 saturated heterocycles. The Morgan fingerprint density at radius 3 is 1.92 bits per heavy atom. The van der Waals surface area contributed by atoms with Gasteiger partial charge < -0.3 is 4.57 Å². The Hall–Kier alpha value is -3.78.